The van der Waals surface area contributed by atoms with Gasteiger partial charge in [0.2, 0.25) is 0 Å². The lowest BCUT2D eigenvalue weighted by atomic mass is 10.1. The van der Waals surface area contributed by atoms with Gasteiger partial charge in [0.15, 0.2) is 5.78 Å². The molecule has 0 atom stereocenters. The number of nitrogens with one attached hydrogen (secondary N) is 2. The number of carbonyl (C=O) groups excluding carboxylic acids is 1. The minimum Gasteiger partial charge on any atom is -0.376 e. The molecule has 2 N–H and O–H groups in total. The van der Waals surface area contributed by atoms with Gasteiger partial charge in [-0.15, -0.1) is 10.7 Å². The number of Topliss-reactive ketones (excluding diaryl/α,β-unsaturated/α-hetero) is 1. The van der Waals surface area contributed by atoms with E-state index in [2.05, 4.69) is 16.0 Å². The fourth-order valence-electron chi connectivity index (χ4n) is 1.67. The molecular weight excluding hydrogens is 182 g/mol. The summed E-state index contributed by atoms with van der Waals surface area (Å²) >= 11 is 0. The summed E-state index contributed by atoms with van der Waals surface area (Å²) in [5.74, 6) is 0.106. The first-order valence-electron chi connectivity index (χ1n) is 4.25. The first-order chi connectivity index (χ1) is 6.86. The number of fused-ring (bicyclic) bond motifs is 3. The highest BCUT2D eigenvalue weighted by atomic mass is 16.7. The van der Waals surface area contributed by atoms with E-state index in [1.807, 2.05) is 0 Å². The lowest BCUT2D eigenvalue weighted by Crippen LogP contribution is -2.34. The van der Waals surface area contributed by atoms with E-state index in [4.69, 9.17) is 4.84 Å². The van der Waals surface area contributed by atoms with Gasteiger partial charge in [-0.3, -0.25) is 4.79 Å². The molecule has 0 saturated heterocycles. The van der Waals surface area contributed by atoms with E-state index in [0.717, 1.165) is 16.3 Å². The molecule has 2 aliphatic heterocycles. The van der Waals surface area contributed by atoms with E-state index in [1.54, 1.807) is 18.4 Å². The van der Waals surface area contributed by atoms with E-state index < -0.39 is 0 Å². The molecule has 5 nitrogen and oxygen atoms in total. The smallest absolute Gasteiger partial charge is 0.183 e. The molecule has 0 aromatic heterocycles. The van der Waals surface area contributed by atoms with Crippen LogP contribution in [0.25, 0.3) is 6.26 Å². The first-order valence-corrected chi connectivity index (χ1v) is 4.25. The van der Waals surface area contributed by atoms with Crippen molar-refractivity contribution in [2.75, 3.05) is 11.9 Å². The van der Waals surface area contributed by atoms with Crippen LogP contribution in [0.2, 0.25) is 0 Å². The zero-order chi connectivity index (χ0) is 9.54. The van der Waals surface area contributed by atoms with Gasteiger partial charge >= 0.3 is 0 Å². The van der Waals surface area contributed by atoms with Gasteiger partial charge in [-0.05, 0) is 12.1 Å². The summed E-state index contributed by atoms with van der Waals surface area (Å²) in [7, 11) is 0. The normalized spacial score (nSPS) is 16.4. The van der Waals surface area contributed by atoms with Crippen LogP contribution in [0.4, 0.5) is 5.69 Å². The van der Waals surface area contributed by atoms with Gasteiger partial charge < -0.3 is 10.2 Å². The molecule has 5 heteroatoms. The van der Waals surface area contributed by atoms with Gasteiger partial charge in [0, 0.05) is 5.56 Å². The van der Waals surface area contributed by atoms with Crippen molar-refractivity contribution >= 4 is 17.7 Å². The van der Waals surface area contributed by atoms with Crippen LogP contribution in [-0.4, -0.2) is 12.3 Å². The molecule has 0 radical (unpaired) electrons. The molecule has 2 heterocycles. The summed E-state index contributed by atoms with van der Waals surface area (Å²) in [6.45, 7) is 0.354. The van der Waals surface area contributed by atoms with E-state index in [1.165, 1.54) is 0 Å². The highest BCUT2D eigenvalue weighted by Crippen LogP contribution is 2.15. The second-order valence-corrected chi connectivity index (χ2v) is 3.14. The van der Waals surface area contributed by atoms with E-state index in [9.17, 15) is 4.79 Å². The number of nitrogens with zero attached hydrogens (tertiary/aromatic N) is 1. The van der Waals surface area contributed by atoms with E-state index >= 15 is 0 Å². The van der Waals surface area contributed by atoms with Gasteiger partial charge in [-0.2, -0.15) is 0 Å². The summed E-state index contributed by atoms with van der Waals surface area (Å²) in [5, 5.41) is 8.57. The third kappa shape index (κ3) is 0.834. The molecule has 70 valence electrons. The molecular formula is C9H7N3O2. The predicted molar refractivity (Wildman–Crippen MR) is 48.7 cm³/mol. The van der Waals surface area contributed by atoms with Gasteiger partial charge in [0.05, 0.1) is 22.8 Å². The summed E-state index contributed by atoms with van der Waals surface area (Å²) in [5.41, 5.74) is 3.93. The Kier molecular flexibility index (Phi) is 1.30. The lowest BCUT2D eigenvalue weighted by molar-refractivity contribution is 0.101. The monoisotopic (exact) mass is 189 g/mol. The van der Waals surface area contributed by atoms with Crippen LogP contribution in [0.5, 0.6) is 0 Å². The maximum absolute atomic E-state index is 11.4. The molecule has 2 aliphatic rings. The Bertz CT molecular complexity index is 536. The predicted octanol–water partition coefficient (Wildman–Crippen LogP) is -0.898. The summed E-state index contributed by atoms with van der Waals surface area (Å²) in [6.07, 6.45) is 1.55. The minimum absolute atomic E-state index is 0.106. The number of anilines is 1. The Labute approximate surface area is 79.0 Å². The van der Waals surface area contributed by atoms with Crippen molar-refractivity contribution in [1.82, 2.24) is 5.59 Å². The second-order valence-electron chi connectivity index (χ2n) is 3.14. The molecule has 0 aliphatic carbocycles. The Morgan fingerprint density at radius 3 is 3.29 bits per heavy atom. The number of benzene rings is 1. The van der Waals surface area contributed by atoms with Gasteiger partial charge in [0.1, 0.15) is 6.26 Å². The maximum Gasteiger partial charge on any atom is 0.183 e. The fraction of sp³-hybridized carbons (Fsp3) is 0.111. The number of rotatable bonds is 0. The summed E-state index contributed by atoms with van der Waals surface area (Å²) in [4.78, 5) is 16.3. The lowest BCUT2D eigenvalue weighted by Gasteiger charge is -2.05. The van der Waals surface area contributed by atoms with Crippen molar-refractivity contribution < 1.29 is 9.63 Å². The number of hydrogen-bond donors (Lipinski definition) is 2. The van der Waals surface area contributed by atoms with Gasteiger partial charge in [-0.25, -0.2) is 0 Å². The quantitative estimate of drug-likeness (QED) is 0.555. The van der Waals surface area contributed by atoms with Crippen molar-refractivity contribution in [3.63, 3.8) is 0 Å². The maximum atomic E-state index is 11.4. The largest absolute Gasteiger partial charge is 0.376 e. The van der Waals surface area contributed by atoms with Crippen molar-refractivity contribution in [2.45, 2.75) is 0 Å². The Hall–Kier alpha value is -2.04. The first kappa shape index (κ1) is 7.37. The minimum atomic E-state index is 0.106. The molecule has 1 aromatic rings. The Morgan fingerprint density at radius 1 is 1.43 bits per heavy atom. The summed E-state index contributed by atoms with van der Waals surface area (Å²) < 4.78 is 0. The number of hydrogen-bond acceptors (Lipinski definition) is 5. The third-order valence-electron chi connectivity index (χ3n) is 2.34. The van der Waals surface area contributed by atoms with Crippen molar-refractivity contribution in [2.24, 2.45) is 5.10 Å². The zero-order valence-electron chi connectivity index (χ0n) is 7.20. The van der Waals surface area contributed by atoms with E-state index in [-0.39, 0.29) is 5.78 Å². The molecule has 0 amide bonds. The van der Waals surface area contributed by atoms with Crippen LogP contribution in [0, 0.1) is 0 Å². The van der Waals surface area contributed by atoms with Crippen molar-refractivity contribution in [1.29, 1.82) is 0 Å². The zero-order valence-corrected chi connectivity index (χ0v) is 7.20. The number of carbonyl (C=O) groups is 1. The molecule has 1 aromatic carbocycles. The molecule has 0 bridgehead atoms. The third-order valence-corrected chi connectivity index (χ3v) is 2.34. The molecule has 0 fully saturated rings. The average Bonchev–Trinajstić information content (AvgIpc) is 2.61. The highest BCUT2D eigenvalue weighted by Gasteiger charge is 2.20. The highest BCUT2D eigenvalue weighted by molar-refractivity contribution is 6.07. The standard InChI is InChI=1S/C9H7N3O2/c13-8-3-10-9-5(8)1-2-7-6(9)4-14-12-11-7/h1-2,4,10,12H,3H2. The topological polar surface area (TPSA) is 62.7 Å². The molecule has 14 heavy (non-hydrogen) atoms. The summed E-state index contributed by atoms with van der Waals surface area (Å²) in [6, 6.07) is 3.58. The molecule has 0 spiro atoms. The second kappa shape index (κ2) is 2.47. The molecule has 3 rings (SSSR count). The van der Waals surface area contributed by atoms with Crippen molar-refractivity contribution in [3.8, 4) is 0 Å². The van der Waals surface area contributed by atoms with Gasteiger partial charge in [-0.1, -0.05) is 0 Å². The van der Waals surface area contributed by atoms with Crippen molar-refractivity contribution in [3.05, 3.63) is 28.3 Å². The van der Waals surface area contributed by atoms with E-state index in [0.29, 0.717) is 12.1 Å². The van der Waals surface area contributed by atoms with Crippen LogP contribution in [0.1, 0.15) is 10.4 Å². The molecule has 0 saturated carbocycles. The van der Waals surface area contributed by atoms with Crippen LogP contribution in [0.15, 0.2) is 17.2 Å². The molecule has 0 unspecified atom stereocenters. The SMILES string of the molecule is O=C1CNc2c1ccc1c2=CONN=1. The number of ketones is 1. The van der Waals surface area contributed by atoms with Crippen LogP contribution in [-0.2, 0) is 4.84 Å². The van der Waals surface area contributed by atoms with Crippen LogP contribution >= 0.6 is 0 Å². The fourth-order valence-corrected chi connectivity index (χ4v) is 1.67. The van der Waals surface area contributed by atoms with Gasteiger partial charge in [0.25, 0.3) is 0 Å². The average molecular weight is 189 g/mol. The Morgan fingerprint density at radius 2 is 2.36 bits per heavy atom. The van der Waals surface area contributed by atoms with Crippen LogP contribution < -0.4 is 21.5 Å². The van der Waals surface area contributed by atoms with Crippen LogP contribution in [0.3, 0.4) is 0 Å². The Balaban J connectivity index is 2.43.